The van der Waals surface area contributed by atoms with Crippen molar-refractivity contribution >= 4 is 27.6 Å². The zero-order valence-corrected chi connectivity index (χ0v) is 11.9. The van der Waals surface area contributed by atoms with Crippen molar-refractivity contribution in [3.8, 4) is 0 Å². The molecule has 0 aliphatic heterocycles. The summed E-state index contributed by atoms with van der Waals surface area (Å²) in [5, 5.41) is 10.5. The minimum absolute atomic E-state index is 0.0310. The number of halogens is 1. The minimum Gasteiger partial charge on any atom is -0.397 e. The van der Waals surface area contributed by atoms with E-state index >= 15 is 0 Å². The Labute approximate surface area is 117 Å². The number of carbonyl (C=O) groups excluding carboxylic acids is 1. The van der Waals surface area contributed by atoms with Crippen molar-refractivity contribution in [3.05, 3.63) is 61.3 Å². The first-order valence-electron chi connectivity index (χ1n) is 5.46. The van der Waals surface area contributed by atoms with Gasteiger partial charge in [0.25, 0.3) is 0 Å². The van der Waals surface area contributed by atoms with Gasteiger partial charge in [-0.3, -0.25) is 14.9 Å². The Hall–Kier alpha value is -1.95. The Morgan fingerprint density at radius 2 is 1.95 bits per heavy atom. The van der Waals surface area contributed by atoms with Gasteiger partial charge in [0.1, 0.15) is 4.92 Å². The molecule has 0 N–H and O–H groups in total. The van der Waals surface area contributed by atoms with Crippen LogP contribution in [0.4, 0.5) is 5.88 Å². The minimum atomic E-state index is -0.670. The van der Waals surface area contributed by atoms with Gasteiger partial charge >= 0.3 is 5.88 Å². The summed E-state index contributed by atoms with van der Waals surface area (Å²) in [6, 6.07) is 6.06. The van der Waals surface area contributed by atoms with Crippen LogP contribution in [0.2, 0.25) is 0 Å². The molecule has 0 bridgehead atoms. The number of rotatable bonds is 3. The van der Waals surface area contributed by atoms with E-state index in [2.05, 4.69) is 15.9 Å². The van der Waals surface area contributed by atoms with E-state index in [1.165, 1.54) is 12.1 Å². The summed E-state index contributed by atoms with van der Waals surface area (Å²) in [5.41, 5.74) is 2.17. The fourth-order valence-electron chi connectivity index (χ4n) is 1.71. The van der Waals surface area contributed by atoms with Gasteiger partial charge in [-0.15, -0.1) is 0 Å². The second-order valence-corrected chi connectivity index (χ2v) is 4.99. The molecule has 2 rings (SSSR count). The number of nitro groups is 1. The van der Waals surface area contributed by atoms with Gasteiger partial charge in [-0.05, 0) is 43.2 Å². The second-order valence-electron chi connectivity index (χ2n) is 4.14. The summed E-state index contributed by atoms with van der Waals surface area (Å²) in [7, 11) is 0. The lowest BCUT2D eigenvalue weighted by Crippen LogP contribution is -2.03. The van der Waals surface area contributed by atoms with Crippen LogP contribution < -0.4 is 0 Å². The molecule has 0 unspecified atom stereocenters. The predicted molar refractivity (Wildman–Crippen MR) is 72.4 cm³/mol. The number of ketones is 1. The molecule has 0 spiro atoms. The summed E-state index contributed by atoms with van der Waals surface area (Å²) in [6.45, 7) is 3.67. The number of nitrogens with zero attached hydrogens (tertiary/aromatic N) is 1. The van der Waals surface area contributed by atoms with E-state index in [4.69, 9.17) is 4.42 Å². The largest absolute Gasteiger partial charge is 0.433 e. The van der Waals surface area contributed by atoms with Crippen LogP contribution in [0.1, 0.15) is 27.2 Å². The Kier molecular flexibility index (Phi) is 3.53. The second kappa shape index (κ2) is 4.97. The van der Waals surface area contributed by atoms with Crippen molar-refractivity contribution in [1.29, 1.82) is 0 Å². The zero-order chi connectivity index (χ0) is 14.2. The van der Waals surface area contributed by atoms with Gasteiger partial charge in [0.2, 0.25) is 5.78 Å². The molecule has 5 nitrogen and oxygen atoms in total. The van der Waals surface area contributed by atoms with Gasteiger partial charge in [0.15, 0.2) is 5.76 Å². The first kappa shape index (κ1) is 13.5. The molecular weight excluding hydrogens is 314 g/mol. The maximum Gasteiger partial charge on any atom is 0.433 e. The summed E-state index contributed by atoms with van der Waals surface area (Å²) >= 11 is 3.38. The molecule has 0 atom stereocenters. The molecule has 0 saturated carbocycles. The highest BCUT2D eigenvalue weighted by Gasteiger charge is 2.20. The number of hydrogen-bond acceptors (Lipinski definition) is 4. The Bertz CT molecular complexity index is 675. The number of furan rings is 1. The summed E-state index contributed by atoms with van der Waals surface area (Å²) < 4.78 is 5.84. The highest BCUT2D eigenvalue weighted by molar-refractivity contribution is 9.10. The van der Waals surface area contributed by atoms with Gasteiger partial charge in [0.05, 0.1) is 6.07 Å². The first-order chi connectivity index (χ1) is 8.90. The normalized spacial score (nSPS) is 10.5. The molecule has 2 aromatic rings. The van der Waals surface area contributed by atoms with Crippen molar-refractivity contribution in [3.63, 3.8) is 0 Å². The van der Waals surface area contributed by atoms with Crippen LogP contribution in [-0.2, 0) is 0 Å². The molecule has 98 valence electrons. The maximum absolute atomic E-state index is 12.2. The monoisotopic (exact) mass is 323 g/mol. The third-order valence-electron chi connectivity index (χ3n) is 2.75. The van der Waals surface area contributed by atoms with Crippen LogP contribution in [-0.4, -0.2) is 10.7 Å². The highest BCUT2D eigenvalue weighted by atomic mass is 79.9. The predicted octanol–water partition coefficient (Wildman–Crippen LogP) is 3.80. The van der Waals surface area contributed by atoms with E-state index in [0.717, 1.165) is 15.6 Å². The van der Waals surface area contributed by atoms with Crippen LogP contribution >= 0.6 is 15.9 Å². The average Bonchev–Trinajstić information content (AvgIpc) is 2.82. The number of carbonyl (C=O) groups is 1. The van der Waals surface area contributed by atoms with Crippen molar-refractivity contribution in [2.75, 3.05) is 0 Å². The number of hydrogen-bond donors (Lipinski definition) is 0. The van der Waals surface area contributed by atoms with E-state index in [1.54, 1.807) is 13.0 Å². The van der Waals surface area contributed by atoms with Crippen molar-refractivity contribution in [1.82, 2.24) is 0 Å². The maximum atomic E-state index is 12.2. The molecule has 0 radical (unpaired) electrons. The van der Waals surface area contributed by atoms with Gasteiger partial charge in [-0.1, -0.05) is 15.9 Å². The van der Waals surface area contributed by atoms with Crippen LogP contribution in [0.25, 0.3) is 0 Å². The third-order valence-corrected chi connectivity index (χ3v) is 3.60. The van der Waals surface area contributed by atoms with Crippen molar-refractivity contribution in [2.24, 2.45) is 0 Å². The van der Waals surface area contributed by atoms with Gasteiger partial charge in [-0.25, -0.2) is 0 Å². The number of benzene rings is 1. The topological polar surface area (TPSA) is 73.3 Å². The summed E-state index contributed by atoms with van der Waals surface area (Å²) in [4.78, 5) is 22.1. The van der Waals surface area contributed by atoms with E-state index in [9.17, 15) is 14.9 Å². The molecule has 0 aliphatic rings. The highest BCUT2D eigenvalue weighted by Crippen LogP contribution is 2.25. The SMILES string of the molecule is Cc1cc(C(=O)c2ccc([N+](=O)[O-])o2)c(C)cc1Br. The first-order valence-corrected chi connectivity index (χ1v) is 6.25. The molecule has 0 fully saturated rings. The quantitative estimate of drug-likeness (QED) is 0.489. The summed E-state index contributed by atoms with van der Waals surface area (Å²) in [6.07, 6.45) is 0. The lowest BCUT2D eigenvalue weighted by atomic mass is 10.0. The molecular formula is C13H10BrNO4. The van der Waals surface area contributed by atoms with Crippen molar-refractivity contribution < 1.29 is 14.1 Å². The molecule has 0 saturated heterocycles. The Morgan fingerprint density at radius 1 is 1.26 bits per heavy atom. The molecule has 6 heteroatoms. The third kappa shape index (κ3) is 2.58. The van der Waals surface area contributed by atoms with Gasteiger partial charge in [-0.2, -0.15) is 0 Å². The lowest BCUT2D eigenvalue weighted by molar-refractivity contribution is -0.402. The summed E-state index contributed by atoms with van der Waals surface area (Å²) in [5.74, 6) is -0.826. The number of aryl methyl sites for hydroxylation is 2. The van der Waals surface area contributed by atoms with Crippen LogP contribution in [0.5, 0.6) is 0 Å². The van der Waals surface area contributed by atoms with E-state index in [1.807, 2.05) is 13.0 Å². The van der Waals surface area contributed by atoms with Gasteiger partial charge in [0, 0.05) is 10.0 Å². The molecule has 1 aromatic carbocycles. The molecule has 1 heterocycles. The Balaban J connectivity index is 2.43. The standard InChI is InChI=1S/C13H10BrNO4/c1-7-6-10(14)8(2)5-9(7)13(16)11-3-4-12(19-11)15(17)18/h3-6H,1-2H3. The molecule has 1 aromatic heterocycles. The average molecular weight is 324 g/mol. The van der Waals surface area contributed by atoms with Crippen molar-refractivity contribution in [2.45, 2.75) is 13.8 Å². The van der Waals surface area contributed by atoms with Crippen LogP contribution in [0, 0.1) is 24.0 Å². The van der Waals surface area contributed by atoms with Crippen LogP contribution in [0.3, 0.4) is 0 Å². The fourth-order valence-corrected chi connectivity index (χ4v) is 2.16. The van der Waals surface area contributed by atoms with Gasteiger partial charge < -0.3 is 4.42 Å². The molecule has 0 amide bonds. The van der Waals surface area contributed by atoms with E-state index < -0.39 is 10.8 Å². The molecule has 19 heavy (non-hydrogen) atoms. The molecule has 0 aliphatic carbocycles. The lowest BCUT2D eigenvalue weighted by Gasteiger charge is -2.06. The van der Waals surface area contributed by atoms with E-state index in [0.29, 0.717) is 5.56 Å². The van der Waals surface area contributed by atoms with E-state index in [-0.39, 0.29) is 11.5 Å². The van der Waals surface area contributed by atoms with Crippen LogP contribution in [0.15, 0.2) is 33.2 Å². The zero-order valence-electron chi connectivity index (χ0n) is 10.3. The Morgan fingerprint density at radius 3 is 2.53 bits per heavy atom. The smallest absolute Gasteiger partial charge is 0.397 e. The fraction of sp³-hybridized carbons (Fsp3) is 0.154.